The standard InChI is InChI=1S/C24H29N3O5/c1-14(25-23(29)12-28)21-11-20(27-32-21)16-4-6-17(7-5-16)24-26-19-9-8-18(10-22(19)31-24)30-13-15-2-3-15/h8-11,14-17,28H,2-7,12-13H2,1H3,(H,25,29)/t14-,16?,17?/m0/s1. The lowest BCUT2D eigenvalue weighted by Crippen LogP contribution is -2.28. The fraction of sp³-hybridized carbons (Fsp3) is 0.542. The summed E-state index contributed by atoms with van der Waals surface area (Å²) in [5, 5.41) is 15.8. The van der Waals surface area contributed by atoms with E-state index >= 15 is 0 Å². The largest absolute Gasteiger partial charge is 0.493 e. The van der Waals surface area contributed by atoms with Crippen LogP contribution in [0.2, 0.25) is 0 Å². The molecule has 0 saturated heterocycles. The number of oxazole rings is 1. The van der Waals surface area contributed by atoms with Gasteiger partial charge >= 0.3 is 0 Å². The molecule has 1 amide bonds. The Morgan fingerprint density at radius 2 is 1.97 bits per heavy atom. The SMILES string of the molecule is C[C@H](NC(=O)CO)c1cc(C2CCC(c3nc4ccc(OCC5CC5)cc4o3)CC2)no1. The number of benzene rings is 1. The van der Waals surface area contributed by atoms with Gasteiger partial charge in [-0.15, -0.1) is 0 Å². The van der Waals surface area contributed by atoms with Gasteiger partial charge in [-0.05, 0) is 63.5 Å². The highest BCUT2D eigenvalue weighted by Gasteiger charge is 2.29. The van der Waals surface area contributed by atoms with Crippen molar-refractivity contribution in [1.82, 2.24) is 15.5 Å². The Bertz CT molecular complexity index is 1080. The first-order valence-electron chi connectivity index (χ1n) is 11.5. The van der Waals surface area contributed by atoms with Crippen LogP contribution in [0.3, 0.4) is 0 Å². The van der Waals surface area contributed by atoms with Crippen molar-refractivity contribution in [3.05, 3.63) is 41.6 Å². The third-order valence-corrected chi connectivity index (χ3v) is 6.55. The van der Waals surface area contributed by atoms with E-state index in [1.165, 1.54) is 12.8 Å². The van der Waals surface area contributed by atoms with E-state index in [1.807, 2.05) is 31.2 Å². The molecule has 5 rings (SSSR count). The normalized spacial score (nSPS) is 22.1. The molecule has 1 aromatic carbocycles. The van der Waals surface area contributed by atoms with Crippen molar-refractivity contribution in [2.24, 2.45) is 5.92 Å². The summed E-state index contributed by atoms with van der Waals surface area (Å²) in [6, 6.07) is 7.48. The molecular weight excluding hydrogens is 410 g/mol. The fourth-order valence-electron chi connectivity index (χ4n) is 4.38. The predicted molar refractivity (Wildman–Crippen MR) is 116 cm³/mol. The van der Waals surface area contributed by atoms with Gasteiger partial charge in [0.15, 0.2) is 17.2 Å². The summed E-state index contributed by atoms with van der Waals surface area (Å²) in [6.07, 6.45) is 6.44. The zero-order chi connectivity index (χ0) is 22.1. The summed E-state index contributed by atoms with van der Waals surface area (Å²) in [5.74, 6) is 3.15. The quantitative estimate of drug-likeness (QED) is 0.541. The van der Waals surface area contributed by atoms with Gasteiger partial charge < -0.3 is 24.1 Å². The van der Waals surface area contributed by atoms with Gasteiger partial charge in [0, 0.05) is 24.0 Å². The Balaban J connectivity index is 1.19. The average molecular weight is 440 g/mol. The maximum atomic E-state index is 11.4. The van der Waals surface area contributed by atoms with Crippen molar-refractivity contribution in [2.45, 2.75) is 63.3 Å². The number of amides is 1. The molecule has 0 radical (unpaired) electrons. The van der Waals surface area contributed by atoms with Gasteiger partial charge in [0.1, 0.15) is 17.9 Å². The number of nitrogens with one attached hydrogen (secondary N) is 1. The number of fused-ring (bicyclic) bond motifs is 1. The zero-order valence-corrected chi connectivity index (χ0v) is 18.3. The molecule has 2 fully saturated rings. The molecule has 8 heteroatoms. The van der Waals surface area contributed by atoms with Gasteiger partial charge in [-0.25, -0.2) is 4.98 Å². The molecule has 0 unspecified atom stereocenters. The highest BCUT2D eigenvalue weighted by atomic mass is 16.5. The first-order chi connectivity index (χ1) is 15.6. The third kappa shape index (κ3) is 4.65. The first kappa shape index (κ1) is 21.0. The van der Waals surface area contributed by atoms with E-state index < -0.39 is 12.5 Å². The molecular formula is C24H29N3O5. The van der Waals surface area contributed by atoms with Crippen LogP contribution in [0.25, 0.3) is 11.1 Å². The number of hydrogen-bond donors (Lipinski definition) is 2. The molecule has 0 bridgehead atoms. The minimum atomic E-state index is -0.542. The Kier molecular flexibility index (Phi) is 5.87. The summed E-state index contributed by atoms with van der Waals surface area (Å²) < 4.78 is 17.4. The third-order valence-electron chi connectivity index (χ3n) is 6.55. The lowest BCUT2D eigenvalue weighted by atomic mass is 9.80. The van der Waals surface area contributed by atoms with Gasteiger partial charge in [-0.3, -0.25) is 4.79 Å². The summed E-state index contributed by atoms with van der Waals surface area (Å²) in [4.78, 5) is 16.1. The summed E-state index contributed by atoms with van der Waals surface area (Å²) in [6.45, 7) is 2.05. The minimum absolute atomic E-state index is 0.295. The molecule has 32 heavy (non-hydrogen) atoms. The maximum Gasteiger partial charge on any atom is 0.246 e. The number of aliphatic hydroxyl groups is 1. The summed E-state index contributed by atoms with van der Waals surface area (Å²) >= 11 is 0. The number of ether oxygens (including phenoxy) is 1. The Morgan fingerprint density at radius 3 is 2.72 bits per heavy atom. The Hall–Kier alpha value is -2.87. The number of carbonyl (C=O) groups is 1. The van der Waals surface area contributed by atoms with Gasteiger partial charge in [-0.2, -0.15) is 0 Å². The molecule has 2 N–H and O–H groups in total. The zero-order valence-electron chi connectivity index (χ0n) is 18.3. The molecule has 2 aromatic heterocycles. The van der Waals surface area contributed by atoms with Crippen LogP contribution >= 0.6 is 0 Å². The topological polar surface area (TPSA) is 111 Å². The second-order valence-corrected chi connectivity index (χ2v) is 9.09. The second kappa shape index (κ2) is 8.94. The van der Waals surface area contributed by atoms with Crippen LogP contribution in [-0.2, 0) is 4.79 Å². The monoisotopic (exact) mass is 439 g/mol. The minimum Gasteiger partial charge on any atom is -0.493 e. The van der Waals surface area contributed by atoms with E-state index in [4.69, 9.17) is 23.8 Å². The second-order valence-electron chi connectivity index (χ2n) is 9.09. The molecule has 2 aliphatic rings. The molecule has 0 spiro atoms. The van der Waals surface area contributed by atoms with Crippen LogP contribution in [0, 0.1) is 5.92 Å². The highest BCUT2D eigenvalue weighted by molar-refractivity contribution is 5.77. The summed E-state index contributed by atoms with van der Waals surface area (Å²) in [7, 11) is 0. The van der Waals surface area contributed by atoms with Crippen LogP contribution in [0.15, 0.2) is 33.2 Å². The van der Waals surface area contributed by atoms with E-state index in [0.29, 0.717) is 17.6 Å². The molecule has 2 saturated carbocycles. The summed E-state index contributed by atoms with van der Waals surface area (Å²) in [5.41, 5.74) is 2.58. The number of carbonyl (C=O) groups excluding carboxylic acids is 1. The van der Waals surface area contributed by atoms with Gasteiger partial charge in [0.25, 0.3) is 0 Å². The number of hydrogen-bond acceptors (Lipinski definition) is 7. The number of rotatable bonds is 8. The van der Waals surface area contributed by atoms with Crippen LogP contribution < -0.4 is 10.1 Å². The van der Waals surface area contributed by atoms with E-state index in [0.717, 1.165) is 66.6 Å². The molecule has 170 valence electrons. The van der Waals surface area contributed by atoms with Crippen molar-refractivity contribution in [3.8, 4) is 5.75 Å². The van der Waals surface area contributed by atoms with Crippen molar-refractivity contribution >= 4 is 17.0 Å². The Morgan fingerprint density at radius 1 is 1.19 bits per heavy atom. The van der Waals surface area contributed by atoms with Gasteiger partial charge in [-0.1, -0.05) is 5.16 Å². The van der Waals surface area contributed by atoms with Crippen molar-refractivity contribution in [2.75, 3.05) is 13.2 Å². The van der Waals surface area contributed by atoms with Gasteiger partial charge in [0.05, 0.1) is 18.3 Å². The highest BCUT2D eigenvalue weighted by Crippen LogP contribution is 2.41. The van der Waals surface area contributed by atoms with E-state index in [2.05, 4.69) is 10.5 Å². The van der Waals surface area contributed by atoms with Crippen molar-refractivity contribution < 1.29 is 23.6 Å². The molecule has 2 aliphatic carbocycles. The van der Waals surface area contributed by atoms with Crippen LogP contribution in [0.1, 0.15) is 80.7 Å². The first-order valence-corrected chi connectivity index (χ1v) is 11.5. The van der Waals surface area contributed by atoms with E-state index in [-0.39, 0.29) is 6.04 Å². The smallest absolute Gasteiger partial charge is 0.246 e. The number of aliphatic hydroxyl groups excluding tert-OH is 1. The van der Waals surface area contributed by atoms with Crippen LogP contribution in [-0.4, -0.2) is 34.4 Å². The predicted octanol–water partition coefficient (Wildman–Crippen LogP) is 4.22. The Labute approximate surface area is 186 Å². The van der Waals surface area contributed by atoms with E-state index in [1.54, 1.807) is 0 Å². The fourth-order valence-corrected chi connectivity index (χ4v) is 4.38. The lowest BCUT2D eigenvalue weighted by Gasteiger charge is -2.25. The average Bonchev–Trinajstić information content (AvgIpc) is 3.33. The van der Waals surface area contributed by atoms with Crippen LogP contribution in [0.5, 0.6) is 5.75 Å². The lowest BCUT2D eigenvalue weighted by molar-refractivity contribution is -0.124. The number of nitrogens with zero attached hydrogens (tertiary/aromatic N) is 2. The number of aromatic nitrogens is 2. The van der Waals surface area contributed by atoms with Gasteiger partial charge in [0.2, 0.25) is 5.91 Å². The molecule has 2 heterocycles. The molecule has 1 atom stereocenters. The molecule has 0 aliphatic heterocycles. The molecule has 3 aromatic rings. The molecule has 8 nitrogen and oxygen atoms in total. The van der Waals surface area contributed by atoms with Crippen molar-refractivity contribution in [3.63, 3.8) is 0 Å². The van der Waals surface area contributed by atoms with E-state index in [9.17, 15) is 4.79 Å². The van der Waals surface area contributed by atoms with Crippen LogP contribution in [0.4, 0.5) is 0 Å². The van der Waals surface area contributed by atoms with Crippen molar-refractivity contribution in [1.29, 1.82) is 0 Å². The maximum absolute atomic E-state index is 11.4.